The van der Waals surface area contributed by atoms with E-state index < -0.39 is 5.91 Å². The van der Waals surface area contributed by atoms with Crippen LogP contribution in [-0.2, 0) is 9.59 Å². The van der Waals surface area contributed by atoms with Gasteiger partial charge in [-0.3, -0.25) is 9.59 Å². The Morgan fingerprint density at radius 3 is 2.60 bits per heavy atom. The van der Waals surface area contributed by atoms with Crippen molar-refractivity contribution in [3.8, 4) is 5.75 Å². The predicted molar refractivity (Wildman–Crippen MR) is 78.0 cm³/mol. The second kappa shape index (κ2) is 7.72. The Hall–Kier alpha value is -1.79. The molecular weight excluding hydrogens is 282 g/mol. The van der Waals surface area contributed by atoms with E-state index in [9.17, 15) is 9.59 Å². The van der Waals surface area contributed by atoms with Crippen LogP contribution in [0.15, 0.2) is 24.3 Å². The summed E-state index contributed by atoms with van der Waals surface area (Å²) in [5.74, 6) is -0.0104. The van der Waals surface area contributed by atoms with E-state index in [-0.39, 0.29) is 31.0 Å². The summed E-state index contributed by atoms with van der Waals surface area (Å²) < 4.78 is 5.13. The highest BCUT2D eigenvalue weighted by Gasteiger charge is 2.21. The molecule has 0 radical (unpaired) electrons. The average molecular weight is 300 g/mol. The quantitative estimate of drug-likeness (QED) is 0.744. The Kier molecular flexibility index (Phi) is 6.27. The van der Waals surface area contributed by atoms with E-state index in [1.807, 2.05) is 0 Å². The molecule has 1 aromatic carbocycles. The molecule has 110 valence electrons. The summed E-state index contributed by atoms with van der Waals surface area (Å²) in [5.41, 5.74) is 5.68. The summed E-state index contributed by atoms with van der Waals surface area (Å²) in [7, 11) is 0. The van der Waals surface area contributed by atoms with Crippen LogP contribution in [0.3, 0.4) is 0 Å². The van der Waals surface area contributed by atoms with Gasteiger partial charge in [0.25, 0.3) is 5.91 Å². The molecule has 0 spiro atoms. The fourth-order valence-electron chi connectivity index (χ4n) is 1.93. The Balaban J connectivity index is 0.00000200. The number of amides is 2. The van der Waals surface area contributed by atoms with Gasteiger partial charge < -0.3 is 21.1 Å². The highest BCUT2D eigenvalue weighted by molar-refractivity contribution is 5.95. The zero-order valence-corrected chi connectivity index (χ0v) is 11.7. The monoisotopic (exact) mass is 299 g/mol. The fourth-order valence-corrected chi connectivity index (χ4v) is 1.93. The molecule has 1 atom stereocenters. The van der Waals surface area contributed by atoms with Crippen LogP contribution in [0.1, 0.15) is 12.8 Å². The minimum atomic E-state index is -0.523. The zero-order chi connectivity index (χ0) is 13.7. The van der Waals surface area contributed by atoms with E-state index in [4.69, 9.17) is 10.5 Å². The smallest absolute Gasteiger partial charge is 0.255 e. The molecule has 1 aliphatic heterocycles. The molecule has 0 saturated carbocycles. The molecule has 1 heterocycles. The lowest BCUT2D eigenvalue weighted by Gasteiger charge is -2.11. The molecule has 1 fully saturated rings. The Labute approximate surface area is 123 Å². The summed E-state index contributed by atoms with van der Waals surface area (Å²) in [4.78, 5) is 22.4. The number of halogens is 1. The van der Waals surface area contributed by atoms with Crippen molar-refractivity contribution in [2.75, 3.05) is 18.5 Å². The summed E-state index contributed by atoms with van der Waals surface area (Å²) in [6.45, 7) is 0.732. The van der Waals surface area contributed by atoms with Gasteiger partial charge in [0.15, 0.2) is 6.61 Å². The Morgan fingerprint density at radius 2 is 2.05 bits per heavy atom. The first-order valence-corrected chi connectivity index (χ1v) is 6.20. The predicted octanol–water partition coefficient (Wildman–Crippen LogP) is 0.663. The largest absolute Gasteiger partial charge is 0.484 e. The minimum absolute atomic E-state index is 0. The standard InChI is InChI=1S/C13H17N3O3.ClH/c14-12(17)8-19-10-5-3-9(4-6-10)16-13(18)11-2-1-7-15-11;/h3-6,11,15H,1-2,7-8H2,(H2,14,17)(H,16,18);1H. The molecule has 1 saturated heterocycles. The van der Waals surface area contributed by atoms with Gasteiger partial charge in [0, 0.05) is 5.69 Å². The van der Waals surface area contributed by atoms with Crippen LogP contribution in [0.2, 0.25) is 0 Å². The maximum atomic E-state index is 11.8. The third-order valence-corrected chi connectivity index (χ3v) is 2.88. The summed E-state index contributed by atoms with van der Waals surface area (Å²) in [6.07, 6.45) is 1.89. The van der Waals surface area contributed by atoms with Crippen LogP contribution in [-0.4, -0.2) is 31.0 Å². The Morgan fingerprint density at radius 1 is 1.35 bits per heavy atom. The maximum Gasteiger partial charge on any atom is 0.255 e. The molecule has 6 nitrogen and oxygen atoms in total. The van der Waals surface area contributed by atoms with Gasteiger partial charge in [-0.25, -0.2) is 0 Å². The zero-order valence-electron chi connectivity index (χ0n) is 10.9. The first-order chi connectivity index (χ1) is 9.15. The number of nitrogens with two attached hydrogens (primary N) is 1. The third-order valence-electron chi connectivity index (χ3n) is 2.88. The third kappa shape index (κ3) is 4.71. The van der Waals surface area contributed by atoms with E-state index in [1.165, 1.54) is 0 Å². The topological polar surface area (TPSA) is 93.5 Å². The number of rotatable bonds is 5. The second-order valence-electron chi connectivity index (χ2n) is 4.42. The average Bonchev–Trinajstić information content (AvgIpc) is 2.92. The van der Waals surface area contributed by atoms with Crippen LogP contribution < -0.4 is 21.1 Å². The molecule has 20 heavy (non-hydrogen) atoms. The van der Waals surface area contributed by atoms with Crippen molar-refractivity contribution in [1.82, 2.24) is 5.32 Å². The van der Waals surface area contributed by atoms with E-state index in [0.717, 1.165) is 19.4 Å². The molecule has 1 aromatic rings. The molecule has 2 amide bonds. The normalized spacial score (nSPS) is 17.1. The molecule has 4 N–H and O–H groups in total. The van der Waals surface area contributed by atoms with Gasteiger partial charge in [-0.1, -0.05) is 0 Å². The molecule has 0 aliphatic carbocycles. The number of primary amides is 1. The first kappa shape index (κ1) is 16.3. The van der Waals surface area contributed by atoms with E-state index in [1.54, 1.807) is 24.3 Å². The molecule has 7 heteroatoms. The molecule has 1 unspecified atom stereocenters. The van der Waals surface area contributed by atoms with Crippen molar-refractivity contribution in [3.05, 3.63) is 24.3 Å². The van der Waals surface area contributed by atoms with Crippen molar-refractivity contribution in [2.45, 2.75) is 18.9 Å². The van der Waals surface area contributed by atoms with Gasteiger partial charge in [-0.15, -0.1) is 12.4 Å². The fraction of sp³-hybridized carbons (Fsp3) is 0.385. The molecule has 0 aromatic heterocycles. The number of carbonyl (C=O) groups is 2. The molecule has 0 bridgehead atoms. The number of anilines is 1. The lowest BCUT2D eigenvalue weighted by atomic mass is 10.2. The van der Waals surface area contributed by atoms with E-state index in [2.05, 4.69) is 10.6 Å². The number of carbonyl (C=O) groups excluding carboxylic acids is 2. The summed E-state index contributed by atoms with van der Waals surface area (Å²) in [5, 5.41) is 5.96. The lowest BCUT2D eigenvalue weighted by Crippen LogP contribution is -2.35. The van der Waals surface area contributed by atoms with Crippen LogP contribution >= 0.6 is 12.4 Å². The molecule has 1 aliphatic rings. The minimum Gasteiger partial charge on any atom is -0.484 e. The Bertz CT molecular complexity index is 458. The van der Waals surface area contributed by atoms with Crippen LogP contribution in [0.5, 0.6) is 5.75 Å². The number of hydrogen-bond acceptors (Lipinski definition) is 4. The van der Waals surface area contributed by atoms with Gasteiger partial charge in [0.05, 0.1) is 6.04 Å². The van der Waals surface area contributed by atoms with Gasteiger partial charge in [-0.05, 0) is 43.7 Å². The van der Waals surface area contributed by atoms with Crippen molar-refractivity contribution in [3.63, 3.8) is 0 Å². The van der Waals surface area contributed by atoms with Gasteiger partial charge >= 0.3 is 0 Å². The maximum absolute atomic E-state index is 11.8. The van der Waals surface area contributed by atoms with Gasteiger partial charge in [-0.2, -0.15) is 0 Å². The summed E-state index contributed by atoms with van der Waals surface area (Å²) >= 11 is 0. The van der Waals surface area contributed by atoms with Gasteiger partial charge in [0.1, 0.15) is 5.75 Å². The lowest BCUT2D eigenvalue weighted by molar-refractivity contribution is -0.120. The SMILES string of the molecule is Cl.NC(=O)COc1ccc(NC(=O)C2CCCN2)cc1. The number of benzene rings is 1. The van der Waals surface area contributed by atoms with Crippen molar-refractivity contribution in [1.29, 1.82) is 0 Å². The first-order valence-electron chi connectivity index (χ1n) is 6.20. The molecule has 2 rings (SSSR count). The summed E-state index contributed by atoms with van der Waals surface area (Å²) in [6, 6.07) is 6.71. The number of nitrogens with one attached hydrogen (secondary N) is 2. The second-order valence-corrected chi connectivity index (χ2v) is 4.42. The van der Waals surface area contributed by atoms with Crippen molar-refractivity contribution in [2.24, 2.45) is 5.73 Å². The van der Waals surface area contributed by atoms with E-state index in [0.29, 0.717) is 11.4 Å². The van der Waals surface area contributed by atoms with E-state index >= 15 is 0 Å². The number of hydrogen-bond donors (Lipinski definition) is 3. The highest BCUT2D eigenvalue weighted by Crippen LogP contribution is 2.16. The number of ether oxygens (including phenoxy) is 1. The van der Waals surface area contributed by atoms with Crippen molar-refractivity contribution < 1.29 is 14.3 Å². The highest BCUT2D eigenvalue weighted by atomic mass is 35.5. The van der Waals surface area contributed by atoms with Crippen molar-refractivity contribution >= 4 is 29.9 Å². The van der Waals surface area contributed by atoms with Crippen LogP contribution in [0.4, 0.5) is 5.69 Å². The van der Waals surface area contributed by atoms with Crippen LogP contribution in [0, 0.1) is 0 Å². The van der Waals surface area contributed by atoms with Crippen LogP contribution in [0.25, 0.3) is 0 Å². The van der Waals surface area contributed by atoms with Gasteiger partial charge in [0.2, 0.25) is 5.91 Å². The molecular formula is C13H18ClN3O3.